The van der Waals surface area contributed by atoms with Gasteiger partial charge in [-0.1, -0.05) is 12.1 Å². The molecule has 0 aliphatic rings. The van der Waals surface area contributed by atoms with Crippen molar-refractivity contribution in [2.75, 3.05) is 5.32 Å². The second kappa shape index (κ2) is 7.26. The summed E-state index contributed by atoms with van der Waals surface area (Å²) >= 11 is 0. The molecule has 0 fully saturated rings. The van der Waals surface area contributed by atoms with Gasteiger partial charge in [0.1, 0.15) is 5.82 Å². The van der Waals surface area contributed by atoms with Gasteiger partial charge in [-0.3, -0.25) is 4.40 Å². The summed E-state index contributed by atoms with van der Waals surface area (Å²) in [4.78, 5) is 8.87. The van der Waals surface area contributed by atoms with Crippen LogP contribution in [0, 0.1) is 12.7 Å². The van der Waals surface area contributed by atoms with Crippen molar-refractivity contribution < 1.29 is 12.8 Å². The number of halogens is 1. The van der Waals surface area contributed by atoms with Crippen molar-refractivity contribution in [3.8, 4) is 11.3 Å². The highest BCUT2D eigenvalue weighted by Crippen LogP contribution is 2.25. The van der Waals surface area contributed by atoms with Crippen molar-refractivity contribution in [1.82, 2.24) is 14.4 Å². The molecule has 7 nitrogen and oxygen atoms in total. The van der Waals surface area contributed by atoms with Crippen molar-refractivity contribution in [2.45, 2.75) is 18.4 Å². The third kappa shape index (κ3) is 3.82. The van der Waals surface area contributed by atoms with Crippen LogP contribution in [-0.4, -0.2) is 22.8 Å². The number of anilines is 1. The van der Waals surface area contributed by atoms with Crippen LogP contribution in [0.2, 0.25) is 0 Å². The summed E-state index contributed by atoms with van der Waals surface area (Å²) < 4.78 is 38.2. The van der Waals surface area contributed by atoms with E-state index >= 15 is 0 Å². The number of nitrogens with two attached hydrogens (primary N) is 1. The molecule has 0 saturated carbocycles. The largest absolute Gasteiger partial charge is 0.363 e. The van der Waals surface area contributed by atoms with Crippen molar-refractivity contribution in [3.63, 3.8) is 0 Å². The second-order valence-corrected chi connectivity index (χ2v) is 8.18. The number of benzene rings is 2. The van der Waals surface area contributed by atoms with Gasteiger partial charge in [-0.25, -0.2) is 27.9 Å². The summed E-state index contributed by atoms with van der Waals surface area (Å²) in [7, 11) is -3.71. The van der Waals surface area contributed by atoms with Crippen molar-refractivity contribution >= 4 is 21.5 Å². The average Bonchev–Trinajstić information content (AvgIpc) is 3.13. The predicted octanol–water partition coefficient (Wildman–Crippen LogP) is 3.10. The predicted molar refractivity (Wildman–Crippen MR) is 108 cm³/mol. The highest BCUT2D eigenvalue weighted by Gasteiger charge is 2.12. The van der Waals surface area contributed by atoms with Gasteiger partial charge in [0.15, 0.2) is 11.5 Å². The fourth-order valence-corrected chi connectivity index (χ4v) is 3.56. The van der Waals surface area contributed by atoms with Crippen LogP contribution in [0.3, 0.4) is 0 Å². The summed E-state index contributed by atoms with van der Waals surface area (Å²) in [5.41, 5.74) is 3.73. The zero-order valence-corrected chi connectivity index (χ0v) is 16.3. The molecular weight excluding hydrogens is 393 g/mol. The molecule has 0 aliphatic heterocycles. The van der Waals surface area contributed by atoms with Gasteiger partial charge >= 0.3 is 0 Å². The van der Waals surface area contributed by atoms with Crippen molar-refractivity contribution in [2.24, 2.45) is 5.14 Å². The number of hydrogen-bond donors (Lipinski definition) is 2. The molecule has 2 aromatic carbocycles. The van der Waals surface area contributed by atoms with Crippen LogP contribution < -0.4 is 10.5 Å². The minimum absolute atomic E-state index is 0.0639. The first-order valence-corrected chi connectivity index (χ1v) is 10.3. The highest BCUT2D eigenvalue weighted by atomic mass is 32.2. The quantitative estimate of drug-likeness (QED) is 0.525. The fraction of sp³-hybridized carbons (Fsp3) is 0.100. The Morgan fingerprint density at radius 1 is 1.14 bits per heavy atom. The summed E-state index contributed by atoms with van der Waals surface area (Å²) in [5.74, 6) is 0.327. The molecule has 0 bridgehead atoms. The lowest BCUT2D eigenvalue weighted by molar-refractivity contribution is 0.597. The molecule has 148 valence electrons. The molecule has 0 aliphatic carbocycles. The van der Waals surface area contributed by atoms with Crippen LogP contribution >= 0.6 is 0 Å². The maximum atomic E-state index is 13.6. The van der Waals surface area contributed by atoms with Crippen LogP contribution in [-0.2, 0) is 16.6 Å². The SMILES string of the molecule is Cc1cc(-c2cnc3c(NCc4ccc(S(N)(=O)=O)cc4)nccn23)ccc1F. The number of aryl methyl sites for hydroxylation is 1. The number of fused-ring (bicyclic) bond motifs is 1. The Morgan fingerprint density at radius 3 is 2.59 bits per heavy atom. The number of hydrogen-bond acceptors (Lipinski definition) is 5. The van der Waals surface area contributed by atoms with Crippen molar-refractivity contribution in [1.29, 1.82) is 0 Å². The van der Waals surface area contributed by atoms with Crippen molar-refractivity contribution in [3.05, 3.63) is 78.0 Å². The molecule has 0 unspecified atom stereocenters. The van der Waals surface area contributed by atoms with Gasteiger partial charge in [-0.2, -0.15) is 0 Å². The van der Waals surface area contributed by atoms with Gasteiger partial charge < -0.3 is 5.32 Å². The lowest BCUT2D eigenvalue weighted by atomic mass is 10.1. The van der Waals surface area contributed by atoms with Crippen LogP contribution in [0.4, 0.5) is 10.2 Å². The van der Waals surface area contributed by atoms with E-state index in [9.17, 15) is 12.8 Å². The lowest BCUT2D eigenvalue weighted by Crippen LogP contribution is -2.12. The molecule has 0 saturated heterocycles. The van der Waals surface area contributed by atoms with E-state index in [0.717, 1.165) is 16.8 Å². The maximum absolute atomic E-state index is 13.6. The van der Waals surface area contributed by atoms with E-state index in [1.807, 2.05) is 4.40 Å². The number of nitrogens with one attached hydrogen (secondary N) is 1. The Morgan fingerprint density at radius 2 is 1.90 bits per heavy atom. The van der Waals surface area contributed by atoms with E-state index in [-0.39, 0.29) is 10.7 Å². The topological polar surface area (TPSA) is 102 Å². The first kappa shape index (κ1) is 19.0. The highest BCUT2D eigenvalue weighted by molar-refractivity contribution is 7.89. The smallest absolute Gasteiger partial charge is 0.238 e. The minimum Gasteiger partial charge on any atom is -0.363 e. The Hall–Kier alpha value is -3.30. The van der Waals surface area contributed by atoms with E-state index in [1.165, 1.54) is 18.2 Å². The van der Waals surface area contributed by atoms with Gasteiger partial charge in [-0.15, -0.1) is 0 Å². The van der Waals surface area contributed by atoms with Crippen LogP contribution in [0.5, 0.6) is 0 Å². The standard InChI is InChI=1S/C20H18FN5O2S/c1-13-10-15(4-7-17(13)21)18-12-25-20-19(23-8-9-26(18)20)24-11-14-2-5-16(6-3-14)29(22,27)28/h2-10,12H,11H2,1H3,(H,23,24)(H2,22,27,28). The Bertz CT molecular complexity index is 1300. The molecule has 9 heteroatoms. The third-order valence-electron chi connectivity index (χ3n) is 4.59. The summed E-state index contributed by atoms with van der Waals surface area (Å²) in [6.45, 7) is 2.15. The van der Waals surface area contributed by atoms with Gasteiger partial charge in [0.05, 0.1) is 16.8 Å². The molecule has 2 heterocycles. The number of aromatic nitrogens is 3. The number of nitrogens with zero attached hydrogens (tertiary/aromatic N) is 3. The average molecular weight is 411 g/mol. The van der Waals surface area contributed by atoms with E-state index in [4.69, 9.17) is 5.14 Å². The normalized spacial score (nSPS) is 11.7. The third-order valence-corrected chi connectivity index (χ3v) is 5.52. The molecule has 4 aromatic rings. The zero-order valence-electron chi connectivity index (χ0n) is 15.5. The fourth-order valence-electron chi connectivity index (χ4n) is 3.04. The van der Waals surface area contributed by atoms with Crippen LogP contribution in [0.25, 0.3) is 16.9 Å². The van der Waals surface area contributed by atoms with E-state index < -0.39 is 10.0 Å². The monoisotopic (exact) mass is 411 g/mol. The number of rotatable bonds is 5. The first-order valence-electron chi connectivity index (χ1n) is 8.77. The number of imidazole rings is 1. The lowest BCUT2D eigenvalue weighted by Gasteiger charge is -2.09. The molecule has 0 atom stereocenters. The molecule has 0 radical (unpaired) electrons. The molecule has 0 spiro atoms. The van der Waals surface area contributed by atoms with Gasteiger partial charge in [0, 0.05) is 24.5 Å². The minimum atomic E-state index is -3.71. The first-order chi connectivity index (χ1) is 13.8. The molecule has 29 heavy (non-hydrogen) atoms. The molecule has 0 amide bonds. The summed E-state index contributed by atoms with van der Waals surface area (Å²) in [6, 6.07) is 11.2. The van der Waals surface area contributed by atoms with Crippen LogP contribution in [0.1, 0.15) is 11.1 Å². The van der Waals surface area contributed by atoms with Gasteiger partial charge in [0.25, 0.3) is 0 Å². The zero-order chi connectivity index (χ0) is 20.6. The summed E-state index contributed by atoms with van der Waals surface area (Å²) in [6.07, 6.45) is 5.17. The molecular formula is C20H18FN5O2S. The van der Waals surface area contributed by atoms with E-state index in [0.29, 0.717) is 23.6 Å². The van der Waals surface area contributed by atoms with Crippen LogP contribution in [0.15, 0.2) is 66.0 Å². The summed E-state index contributed by atoms with van der Waals surface area (Å²) in [5, 5.41) is 8.33. The number of sulfonamides is 1. The maximum Gasteiger partial charge on any atom is 0.238 e. The molecule has 4 rings (SSSR count). The second-order valence-electron chi connectivity index (χ2n) is 6.62. The molecule has 2 aromatic heterocycles. The molecule has 3 N–H and O–H groups in total. The Kier molecular flexibility index (Phi) is 4.77. The van der Waals surface area contributed by atoms with E-state index in [2.05, 4.69) is 15.3 Å². The Balaban J connectivity index is 1.60. The number of primary sulfonamides is 1. The van der Waals surface area contributed by atoms with Gasteiger partial charge in [0.2, 0.25) is 10.0 Å². The van der Waals surface area contributed by atoms with Gasteiger partial charge in [-0.05, 0) is 48.4 Å². The van der Waals surface area contributed by atoms with E-state index in [1.54, 1.807) is 49.8 Å². The Labute approximate surface area is 167 Å².